The number of methoxy groups -OCH3 is 1. The summed E-state index contributed by atoms with van der Waals surface area (Å²) < 4.78 is 15.9. The molecule has 8 heteroatoms. The lowest BCUT2D eigenvalue weighted by Crippen LogP contribution is -2.41. The van der Waals surface area contributed by atoms with E-state index in [1.165, 1.54) is 7.11 Å². The molecule has 0 radical (unpaired) electrons. The highest BCUT2D eigenvalue weighted by Gasteiger charge is 2.19. The highest BCUT2D eigenvalue weighted by Crippen LogP contribution is 2.32. The second kappa shape index (κ2) is 8.75. The Kier molecular flexibility index (Phi) is 6.16. The summed E-state index contributed by atoms with van der Waals surface area (Å²) in [7, 11) is 1.51. The van der Waals surface area contributed by atoms with Gasteiger partial charge in [-0.3, -0.25) is 9.59 Å². The SMILES string of the molecule is COC(CNC(=O)C(=O)NCc1ccc2c(c1)OCO2)c1ccccc1Cl. The Balaban J connectivity index is 1.50. The Morgan fingerprint density at radius 1 is 1.11 bits per heavy atom. The van der Waals surface area contributed by atoms with E-state index in [9.17, 15) is 9.59 Å². The molecule has 0 aliphatic carbocycles. The number of amides is 2. The fraction of sp³-hybridized carbons (Fsp3) is 0.263. The molecule has 7 nitrogen and oxygen atoms in total. The van der Waals surface area contributed by atoms with E-state index in [-0.39, 0.29) is 19.9 Å². The van der Waals surface area contributed by atoms with Gasteiger partial charge in [-0.2, -0.15) is 0 Å². The smallest absolute Gasteiger partial charge is 0.309 e. The minimum absolute atomic E-state index is 0.122. The maximum absolute atomic E-state index is 12.0. The van der Waals surface area contributed by atoms with Gasteiger partial charge in [0.25, 0.3) is 0 Å². The van der Waals surface area contributed by atoms with Gasteiger partial charge in [0.05, 0.1) is 0 Å². The Morgan fingerprint density at radius 3 is 2.63 bits per heavy atom. The molecule has 1 aliphatic heterocycles. The van der Waals surface area contributed by atoms with E-state index in [0.717, 1.165) is 11.1 Å². The molecule has 1 atom stereocenters. The topological polar surface area (TPSA) is 85.9 Å². The maximum Gasteiger partial charge on any atom is 0.309 e. The van der Waals surface area contributed by atoms with Crippen LogP contribution in [0.15, 0.2) is 42.5 Å². The monoisotopic (exact) mass is 390 g/mol. The molecule has 1 unspecified atom stereocenters. The van der Waals surface area contributed by atoms with Crippen LogP contribution >= 0.6 is 11.6 Å². The second-order valence-electron chi connectivity index (χ2n) is 5.83. The van der Waals surface area contributed by atoms with Crippen molar-refractivity contribution in [3.05, 3.63) is 58.6 Å². The number of nitrogens with one attached hydrogen (secondary N) is 2. The van der Waals surface area contributed by atoms with Crippen LogP contribution in [0.25, 0.3) is 0 Å². The lowest BCUT2D eigenvalue weighted by atomic mass is 10.1. The third-order valence-corrected chi connectivity index (χ3v) is 4.43. The van der Waals surface area contributed by atoms with Crippen LogP contribution in [-0.4, -0.2) is 32.3 Å². The number of hydrogen-bond donors (Lipinski definition) is 2. The first-order chi connectivity index (χ1) is 13.1. The van der Waals surface area contributed by atoms with E-state index in [2.05, 4.69) is 10.6 Å². The van der Waals surface area contributed by atoms with Gasteiger partial charge >= 0.3 is 11.8 Å². The van der Waals surface area contributed by atoms with E-state index in [4.69, 9.17) is 25.8 Å². The summed E-state index contributed by atoms with van der Waals surface area (Å²) >= 11 is 6.14. The van der Waals surface area contributed by atoms with Gasteiger partial charge in [0, 0.05) is 30.8 Å². The average Bonchev–Trinajstić information content (AvgIpc) is 3.15. The molecule has 3 rings (SSSR count). The molecule has 0 aromatic heterocycles. The second-order valence-corrected chi connectivity index (χ2v) is 6.23. The molecule has 0 fully saturated rings. The van der Waals surface area contributed by atoms with Crippen molar-refractivity contribution in [3.8, 4) is 11.5 Å². The predicted octanol–water partition coefficient (Wildman–Crippen LogP) is 2.19. The van der Waals surface area contributed by atoms with Gasteiger partial charge in [0.2, 0.25) is 6.79 Å². The highest BCUT2D eigenvalue weighted by molar-refractivity contribution is 6.35. The molecule has 27 heavy (non-hydrogen) atoms. The summed E-state index contributed by atoms with van der Waals surface area (Å²) in [5.41, 5.74) is 1.54. The standard InChI is InChI=1S/C19H19ClN2O5/c1-25-17(13-4-2-3-5-14(13)20)10-22-19(24)18(23)21-9-12-6-7-15-16(8-12)27-11-26-15/h2-8,17H,9-11H2,1H3,(H,21,23)(H,22,24). The maximum atomic E-state index is 12.0. The van der Waals surface area contributed by atoms with Gasteiger partial charge in [-0.05, 0) is 23.8 Å². The Bertz CT molecular complexity index is 843. The third kappa shape index (κ3) is 4.69. The molecule has 0 saturated heterocycles. The zero-order valence-corrected chi connectivity index (χ0v) is 15.4. The quantitative estimate of drug-likeness (QED) is 0.738. The summed E-state index contributed by atoms with van der Waals surface area (Å²) in [6, 6.07) is 12.5. The summed E-state index contributed by atoms with van der Waals surface area (Å²) in [6.45, 7) is 0.497. The van der Waals surface area contributed by atoms with E-state index >= 15 is 0 Å². The van der Waals surface area contributed by atoms with Crippen LogP contribution < -0.4 is 20.1 Å². The van der Waals surface area contributed by atoms with Crippen molar-refractivity contribution < 1.29 is 23.8 Å². The van der Waals surface area contributed by atoms with Crippen molar-refractivity contribution in [1.29, 1.82) is 0 Å². The molecule has 0 spiro atoms. The van der Waals surface area contributed by atoms with Gasteiger partial charge < -0.3 is 24.8 Å². The minimum atomic E-state index is -0.746. The van der Waals surface area contributed by atoms with Crippen molar-refractivity contribution in [2.75, 3.05) is 20.4 Å². The number of fused-ring (bicyclic) bond motifs is 1. The Labute approximate surface area is 161 Å². The first kappa shape index (κ1) is 19.0. The van der Waals surface area contributed by atoms with Crippen LogP contribution in [0.4, 0.5) is 0 Å². The predicted molar refractivity (Wildman–Crippen MR) is 98.6 cm³/mol. The fourth-order valence-electron chi connectivity index (χ4n) is 2.64. The number of carbonyl (C=O) groups is 2. The van der Waals surface area contributed by atoms with Crippen LogP contribution in [0.3, 0.4) is 0 Å². The number of carbonyl (C=O) groups excluding carboxylic acids is 2. The van der Waals surface area contributed by atoms with Crippen molar-refractivity contribution in [3.63, 3.8) is 0 Å². The molecule has 1 aliphatic rings. The molecule has 2 aromatic carbocycles. The van der Waals surface area contributed by atoms with Gasteiger partial charge in [0.1, 0.15) is 6.10 Å². The summed E-state index contributed by atoms with van der Waals surface area (Å²) in [6.07, 6.45) is -0.454. The highest BCUT2D eigenvalue weighted by atomic mass is 35.5. The van der Waals surface area contributed by atoms with Crippen molar-refractivity contribution >= 4 is 23.4 Å². The molecule has 142 valence electrons. The summed E-state index contributed by atoms with van der Waals surface area (Å²) in [5.74, 6) is -0.201. The average molecular weight is 391 g/mol. The Morgan fingerprint density at radius 2 is 1.85 bits per heavy atom. The fourth-order valence-corrected chi connectivity index (χ4v) is 2.89. The molecule has 0 bridgehead atoms. The summed E-state index contributed by atoms with van der Waals surface area (Å²) in [4.78, 5) is 24.0. The lowest BCUT2D eigenvalue weighted by molar-refractivity contribution is -0.139. The van der Waals surface area contributed by atoms with E-state index in [1.807, 2.05) is 12.1 Å². The number of hydrogen-bond acceptors (Lipinski definition) is 5. The van der Waals surface area contributed by atoms with Crippen molar-refractivity contribution in [2.24, 2.45) is 0 Å². The van der Waals surface area contributed by atoms with Gasteiger partial charge in [-0.25, -0.2) is 0 Å². The van der Waals surface area contributed by atoms with Crippen LogP contribution in [0.2, 0.25) is 5.02 Å². The number of halogens is 1. The van der Waals surface area contributed by atoms with Crippen LogP contribution in [0.5, 0.6) is 11.5 Å². The van der Waals surface area contributed by atoms with Gasteiger partial charge in [0.15, 0.2) is 11.5 Å². The first-order valence-electron chi connectivity index (χ1n) is 8.30. The van der Waals surface area contributed by atoms with Crippen LogP contribution in [0, 0.1) is 0 Å². The number of ether oxygens (including phenoxy) is 3. The summed E-state index contributed by atoms with van der Waals surface area (Å²) in [5, 5.41) is 5.66. The van der Waals surface area contributed by atoms with E-state index in [0.29, 0.717) is 16.5 Å². The molecule has 1 heterocycles. The van der Waals surface area contributed by atoms with Gasteiger partial charge in [-0.1, -0.05) is 35.9 Å². The molecular formula is C19H19ClN2O5. The third-order valence-electron chi connectivity index (χ3n) is 4.08. The van der Waals surface area contributed by atoms with Crippen molar-refractivity contribution in [1.82, 2.24) is 10.6 Å². The van der Waals surface area contributed by atoms with Gasteiger partial charge in [-0.15, -0.1) is 0 Å². The molecule has 0 saturated carbocycles. The zero-order valence-electron chi connectivity index (χ0n) is 14.7. The van der Waals surface area contributed by atoms with E-state index in [1.54, 1.807) is 30.3 Å². The number of rotatable bonds is 6. The van der Waals surface area contributed by atoms with Crippen LogP contribution in [-0.2, 0) is 20.9 Å². The molecule has 2 amide bonds. The molecular weight excluding hydrogens is 372 g/mol. The zero-order chi connectivity index (χ0) is 19.2. The Hall–Kier alpha value is -2.77. The largest absolute Gasteiger partial charge is 0.454 e. The molecule has 2 N–H and O–H groups in total. The van der Waals surface area contributed by atoms with Crippen molar-refractivity contribution in [2.45, 2.75) is 12.6 Å². The van der Waals surface area contributed by atoms with Crippen LogP contribution in [0.1, 0.15) is 17.2 Å². The lowest BCUT2D eigenvalue weighted by Gasteiger charge is -2.17. The normalized spacial score (nSPS) is 13.1. The number of benzene rings is 2. The minimum Gasteiger partial charge on any atom is -0.454 e. The van der Waals surface area contributed by atoms with E-state index < -0.39 is 17.9 Å². The first-order valence-corrected chi connectivity index (χ1v) is 8.68. The molecule has 2 aromatic rings.